The van der Waals surface area contributed by atoms with Crippen molar-refractivity contribution in [2.24, 2.45) is 0 Å². The predicted octanol–water partition coefficient (Wildman–Crippen LogP) is 1.31. The highest BCUT2D eigenvalue weighted by atomic mass is 32.1. The van der Waals surface area contributed by atoms with Gasteiger partial charge in [-0.1, -0.05) is 0 Å². The summed E-state index contributed by atoms with van der Waals surface area (Å²) in [6, 6.07) is 2.10. The monoisotopic (exact) mass is 348 g/mol. The number of ether oxygens (including phenoxy) is 1. The summed E-state index contributed by atoms with van der Waals surface area (Å²) in [5, 5.41) is 11.5. The summed E-state index contributed by atoms with van der Waals surface area (Å²) < 4.78 is 7.71. The second-order valence-electron chi connectivity index (χ2n) is 6.20. The van der Waals surface area contributed by atoms with Crippen LogP contribution in [0.1, 0.15) is 11.1 Å². The fraction of sp³-hybridized carbons (Fsp3) is 0.529. The maximum atomic E-state index is 12.1. The first-order valence-corrected chi connectivity index (χ1v) is 9.24. The largest absolute Gasteiger partial charge is 0.374 e. The van der Waals surface area contributed by atoms with Crippen LogP contribution in [0.3, 0.4) is 0 Å². The molecule has 7 heteroatoms. The molecule has 0 aliphatic carbocycles. The third-order valence-corrected chi connectivity index (χ3v) is 4.79. The summed E-state index contributed by atoms with van der Waals surface area (Å²) in [6.45, 7) is 6.09. The molecule has 0 saturated carbocycles. The van der Waals surface area contributed by atoms with Gasteiger partial charge in [0.25, 0.3) is 0 Å². The van der Waals surface area contributed by atoms with E-state index in [-0.39, 0.29) is 12.0 Å². The summed E-state index contributed by atoms with van der Waals surface area (Å²) in [6.07, 6.45) is 4.83. The molecule has 1 N–H and O–H groups in total. The normalized spacial score (nSPS) is 18.6. The van der Waals surface area contributed by atoms with E-state index in [1.54, 1.807) is 11.3 Å². The first kappa shape index (κ1) is 17.1. The standard InChI is InChI=1S/C17H24N4O2S/c1-14-8-19-21(9-14)11-16-10-20(5-6-23-16)12-17(22)18-4-2-15-3-7-24-13-15/h3,7-9,13,16H,2,4-6,10-12H2,1H3,(H,18,22). The van der Waals surface area contributed by atoms with Crippen LogP contribution in [-0.4, -0.2) is 59.5 Å². The predicted molar refractivity (Wildman–Crippen MR) is 94.2 cm³/mol. The SMILES string of the molecule is Cc1cnn(CC2CN(CC(=O)NCCc3ccsc3)CCO2)c1. The number of hydrogen-bond acceptors (Lipinski definition) is 5. The van der Waals surface area contributed by atoms with Crippen molar-refractivity contribution in [2.75, 3.05) is 32.8 Å². The van der Waals surface area contributed by atoms with Crippen LogP contribution in [0.4, 0.5) is 0 Å². The molecule has 130 valence electrons. The van der Waals surface area contributed by atoms with Crippen molar-refractivity contribution in [2.45, 2.75) is 26.0 Å². The minimum atomic E-state index is 0.0802. The third-order valence-electron chi connectivity index (χ3n) is 4.06. The van der Waals surface area contributed by atoms with Crippen LogP contribution in [-0.2, 0) is 22.5 Å². The lowest BCUT2D eigenvalue weighted by atomic mass is 10.2. The van der Waals surface area contributed by atoms with Gasteiger partial charge in [-0.05, 0) is 41.3 Å². The Balaban J connectivity index is 1.38. The number of aromatic nitrogens is 2. The molecule has 1 atom stereocenters. The van der Waals surface area contributed by atoms with Gasteiger partial charge >= 0.3 is 0 Å². The van der Waals surface area contributed by atoms with Crippen LogP contribution >= 0.6 is 11.3 Å². The zero-order chi connectivity index (χ0) is 16.8. The smallest absolute Gasteiger partial charge is 0.234 e. The third kappa shape index (κ3) is 5.15. The number of nitrogens with zero attached hydrogens (tertiary/aromatic N) is 3. The van der Waals surface area contributed by atoms with Crippen LogP contribution in [0.25, 0.3) is 0 Å². The zero-order valence-electron chi connectivity index (χ0n) is 14.0. The summed E-state index contributed by atoms with van der Waals surface area (Å²) in [5.41, 5.74) is 2.42. The lowest BCUT2D eigenvalue weighted by molar-refractivity contribution is -0.124. The Morgan fingerprint density at radius 2 is 2.46 bits per heavy atom. The average molecular weight is 348 g/mol. The van der Waals surface area contributed by atoms with Gasteiger partial charge < -0.3 is 10.1 Å². The van der Waals surface area contributed by atoms with E-state index in [1.807, 2.05) is 24.0 Å². The molecule has 0 bridgehead atoms. The van der Waals surface area contributed by atoms with Gasteiger partial charge in [0.15, 0.2) is 0 Å². The van der Waals surface area contributed by atoms with E-state index < -0.39 is 0 Å². The molecule has 2 aromatic heterocycles. The molecular formula is C17H24N4O2S. The van der Waals surface area contributed by atoms with Crippen molar-refractivity contribution < 1.29 is 9.53 Å². The topological polar surface area (TPSA) is 59.4 Å². The number of amides is 1. The van der Waals surface area contributed by atoms with Gasteiger partial charge in [0.2, 0.25) is 5.91 Å². The number of carbonyl (C=O) groups is 1. The Hall–Kier alpha value is -1.70. The van der Waals surface area contributed by atoms with Crippen molar-refractivity contribution in [3.05, 3.63) is 40.3 Å². The molecule has 1 fully saturated rings. The molecule has 0 aromatic carbocycles. The molecule has 1 saturated heterocycles. The van der Waals surface area contributed by atoms with E-state index in [2.05, 4.69) is 32.1 Å². The van der Waals surface area contributed by atoms with Gasteiger partial charge in [-0.15, -0.1) is 0 Å². The van der Waals surface area contributed by atoms with Crippen LogP contribution in [0.2, 0.25) is 0 Å². The number of carbonyl (C=O) groups excluding carboxylic acids is 1. The second kappa shape index (κ2) is 8.41. The van der Waals surface area contributed by atoms with Gasteiger partial charge in [-0.2, -0.15) is 16.4 Å². The van der Waals surface area contributed by atoms with E-state index in [0.29, 0.717) is 19.7 Å². The zero-order valence-corrected chi connectivity index (χ0v) is 14.8. The van der Waals surface area contributed by atoms with Gasteiger partial charge in [0, 0.05) is 25.8 Å². The number of thiophene rings is 1. The Morgan fingerprint density at radius 3 is 3.21 bits per heavy atom. The molecule has 3 heterocycles. The quantitative estimate of drug-likeness (QED) is 0.820. The summed E-state index contributed by atoms with van der Waals surface area (Å²) >= 11 is 1.69. The number of morpholine rings is 1. The number of rotatable bonds is 7. The fourth-order valence-corrected chi connectivity index (χ4v) is 3.55. The Kier molecular flexibility index (Phi) is 6.01. The van der Waals surface area contributed by atoms with Crippen LogP contribution in [0.15, 0.2) is 29.2 Å². The molecule has 1 amide bonds. The van der Waals surface area contributed by atoms with Crippen LogP contribution < -0.4 is 5.32 Å². The van der Waals surface area contributed by atoms with E-state index in [4.69, 9.17) is 4.74 Å². The lowest BCUT2D eigenvalue weighted by Gasteiger charge is -2.32. The molecule has 1 unspecified atom stereocenters. The number of aryl methyl sites for hydroxylation is 1. The van der Waals surface area contributed by atoms with E-state index in [0.717, 1.165) is 31.6 Å². The molecule has 1 aliphatic heterocycles. The highest BCUT2D eigenvalue weighted by Crippen LogP contribution is 2.08. The van der Waals surface area contributed by atoms with Gasteiger partial charge in [0.1, 0.15) is 0 Å². The maximum Gasteiger partial charge on any atom is 0.234 e. The average Bonchev–Trinajstić information content (AvgIpc) is 3.20. The van der Waals surface area contributed by atoms with Crippen molar-refractivity contribution in [3.8, 4) is 0 Å². The molecular weight excluding hydrogens is 324 g/mol. The second-order valence-corrected chi connectivity index (χ2v) is 6.98. The highest BCUT2D eigenvalue weighted by Gasteiger charge is 2.22. The van der Waals surface area contributed by atoms with Crippen molar-refractivity contribution in [3.63, 3.8) is 0 Å². The van der Waals surface area contributed by atoms with E-state index in [9.17, 15) is 4.79 Å². The first-order valence-electron chi connectivity index (χ1n) is 8.30. The maximum absolute atomic E-state index is 12.1. The van der Waals surface area contributed by atoms with Gasteiger partial charge in [0.05, 0.1) is 32.0 Å². The molecule has 0 spiro atoms. The lowest BCUT2D eigenvalue weighted by Crippen LogP contribution is -2.48. The minimum Gasteiger partial charge on any atom is -0.374 e. The Bertz CT molecular complexity index is 641. The van der Waals surface area contributed by atoms with Gasteiger partial charge in [-0.25, -0.2) is 0 Å². The van der Waals surface area contributed by atoms with E-state index in [1.165, 1.54) is 5.56 Å². The molecule has 2 aromatic rings. The van der Waals surface area contributed by atoms with Crippen molar-refractivity contribution in [1.29, 1.82) is 0 Å². The summed E-state index contributed by atoms with van der Waals surface area (Å²) in [7, 11) is 0. The molecule has 3 rings (SSSR count). The van der Waals surface area contributed by atoms with Crippen LogP contribution in [0.5, 0.6) is 0 Å². The first-order chi connectivity index (χ1) is 11.7. The Morgan fingerprint density at radius 1 is 1.54 bits per heavy atom. The molecule has 24 heavy (non-hydrogen) atoms. The summed E-state index contributed by atoms with van der Waals surface area (Å²) in [5.74, 6) is 0.0841. The van der Waals surface area contributed by atoms with Crippen molar-refractivity contribution in [1.82, 2.24) is 20.0 Å². The van der Waals surface area contributed by atoms with E-state index >= 15 is 0 Å². The summed E-state index contributed by atoms with van der Waals surface area (Å²) in [4.78, 5) is 14.3. The molecule has 0 radical (unpaired) electrons. The number of nitrogens with one attached hydrogen (secondary N) is 1. The van der Waals surface area contributed by atoms with Crippen LogP contribution in [0, 0.1) is 6.92 Å². The highest BCUT2D eigenvalue weighted by molar-refractivity contribution is 7.07. The Labute approximate surface area is 146 Å². The van der Waals surface area contributed by atoms with Crippen molar-refractivity contribution >= 4 is 17.2 Å². The molecule has 1 aliphatic rings. The van der Waals surface area contributed by atoms with Gasteiger partial charge in [-0.3, -0.25) is 14.4 Å². The molecule has 6 nitrogen and oxygen atoms in total. The fourth-order valence-electron chi connectivity index (χ4n) is 2.85. The number of hydrogen-bond donors (Lipinski definition) is 1. The minimum absolute atomic E-state index is 0.0802.